The highest BCUT2D eigenvalue weighted by molar-refractivity contribution is 6.01. The van der Waals surface area contributed by atoms with E-state index in [9.17, 15) is 15.0 Å². The number of carbonyl (C=O) groups excluding carboxylic acids is 1. The number of aliphatic hydroxyl groups is 4. The molecule has 0 aromatic heterocycles. The number of para-hydroxylation sites is 1. The van der Waals surface area contributed by atoms with E-state index in [0.717, 1.165) is 53.5 Å². The van der Waals surface area contributed by atoms with Gasteiger partial charge in [-0.15, -0.1) is 0 Å². The van der Waals surface area contributed by atoms with Crippen LogP contribution in [-0.2, 0) is 16.1 Å². The Kier molecular flexibility index (Phi) is 22.0. The van der Waals surface area contributed by atoms with Crippen LogP contribution in [0.25, 0.3) is 11.1 Å². The zero-order valence-corrected chi connectivity index (χ0v) is 31.1. The minimum atomic E-state index is -0.485. The Labute approximate surface area is 300 Å². The van der Waals surface area contributed by atoms with E-state index < -0.39 is 6.10 Å². The monoisotopic (exact) mass is 689 g/mol. The molecule has 0 radical (unpaired) electrons. The normalized spacial score (nSPS) is 18.6. The molecule has 2 fully saturated rings. The van der Waals surface area contributed by atoms with Crippen LogP contribution in [0.2, 0.25) is 0 Å². The molecule has 50 heavy (non-hydrogen) atoms. The summed E-state index contributed by atoms with van der Waals surface area (Å²) in [4.78, 5) is 14.5. The zero-order chi connectivity index (χ0) is 37.5. The number of benzene rings is 4. The SMILES string of the molecule is CC.CC.CC.CO.CO.O=C1C[C@@H](c2ccc(-c3ccc([C@H]4C[C@@H](O)C[C@@H](CO)O4)cc3)cc2OCc2ccccc2)N1c1ccccc1. The van der Waals surface area contributed by atoms with Gasteiger partial charge >= 0.3 is 0 Å². The van der Waals surface area contributed by atoms with Gasteiger partial charge in [-0.2, -0.15) is 0 Å². The number of ether oxygens (including phenoxy) is 2. The topological polar surface area (TPSA) is 120 Å². The first-order chi connectivity index (χ1) is 24.6. The van der Waals surface area contributed by atoms with Crippen molar-refractivity contribution < 1.29 is 34.7 Å². The quantitative estimate of drug-likeness (QED) is 0.138. The summed E-state index contributed by atoms with van der Waals surface area (Å²) in [6.07, 6.45) is 0.326. The van der Waals surface area contributed by atoms with E-state index in [1.807, 2.05) is 131 Å². The van der Waals surface area contributed by atoms with Crippen molar-refractivity contribution in [2.45, 2.75) is 91.8 Å². The van der Waals surface area contributed by atoms with E-state index in [1.165, 1.54) is 0 Å². The second-order valence-corrected chi connectivity index (χ2v) is 10.5. The second kappa shape index (κ2) is 25.0. The molecule has 4 aromatic rings. The third kappa shape index (κ3) is 12.1. The number of nitrogens with zero attached hydrogens (tertiary/aromatic N) is 1. The van der Waals surface area contributed by atoms with Crippen molar-refractivity contribution in [3.63, 3.8) is 0 Å². The fourth-order valence-electron chi connectivity index (χ4n) is 5.64. The summed E-state index contributed by atoms with van der Waals surface area (Å²) >= 11 is 0. The van der Waals surface area contributed by atoms with Gasteiger partial charge in [0, 0.05) is 38.3 Å². The Bertz CT molecular complexity index is 1450. The summed E-state index contributed by atoms with van der Waals surface area (Å²) in [5.74, 6) is 0.858. The lowest BCUT2D eigenvalue weighted by Gasteiger charge is -2.41. The summed E-state index contributed by atoms with van der Waals surface area (Å²) < 4.78 is 12.4. The lowest BCUT2D eigenvalue weighted by molar-refractivity contribution is -0.124. The van der Waals surface area contributed by atoms with Crippen LogP contribution in [0.1, 0.15) is 89.6 Å². The number of hydrogen-bond acceptors (Lipinski definition) is 7. The maximum Gasteiger partial charge on any atom is 0.230 e. The van der Waals surface area contributed by atoms with E-state index in [-0.39, 0.29) is 30.8 Å². The number of rotatable bonds is 8. The van der Waals surface area contributed by atoms with Crippen LogP contribution in [0.15, 0.2) is 103 Å². The molecule has 274 valence electrons. The molecule has 0 saturated carbocycles. The molecule has 8 nitrogen and oxygen atoms in total. The minimum absolute atomic E-state index is 0.0913. The number of aliphatic hydroxyl groups excluding tert-OH is 4. The van der Waals surface area contributed by atoms with Crippen molar-refractivity contribution in [3.8, 4) is 16.9 Å². The van der Waals surface area contributed by atoms with Crippen LogP contribution in [-0.4, -0.2) is 59.4 Å². The number of anilines is 1. The highest BCUT2D eigenvalue weighted by Gasteiger charge is 2.40. The Morgan fingerprint density at radius 1 is 0.740 bits per heavy atom. The van der Waals surface area contributed by atoms with Gasteiger partial charge in [-0.1, -0.05) is 126 Å². The van der Waals surface area contributed by atoms with Gasteiger partial charge in [0.05, 0.1) is 37.4 Å². The van der Waals surface area contributed by atoms with Gasteiger partial charge in [-0.25, -0.2) is 0 Å². The third-order valence-electron chi connectivity index (χ3n) is 7.79. The van der Waals surface area contributed by atoms with Crippen LogP contribution in [0.5, 0.6) is 5.75 Å². The third-order valence-corrected chi connectivity index (χ3v) is 7.79. The molecule has 1 amide bonds. The van der Waals surface area contributed by atoms with Gasteiger partial charge < -0.3 is 34.8 Å². The highest BCUT2D eigenvalue weighted by Crippen LogP contribution is 2.44. The summed E-state index contributed by atoms with van der Waals surface area (Å²) in [6, 6.07) is 34.1. The Hall–Kier alpha value is -4.05. The standard InChI is InChI=1S/C34H33NO5.3C2H6.2CH4O/c36-21-29-18-28(37)19-32(40-29)25-13-11-24(12-14-25)26-15-16-30(33(17-26)39-22-23-7-3-1-4-8-23)31-20-34(38)35(31)27-9-5-2-6-10-27;5*1-2/h1-17,28-29,31-32,36-37H,18-22H2;3*1-2H3;2*2H,1H3/t28-,29-,31-,32+;;;;;/m0...../s1. The van der Waals surface area contributed by atoms with Crippen LogP contribution < -0.4 is 9.64 Å². The lowest BCUT2D eigenvalue weighted by atomic mass is 9.90. The van der Waals surface area contributed by atoms with Crippen LogP contribution >= 0.6 is 0 Å². The maximum absolute atomic E-state index is 12.7. The molecule has 2 aliphatic rings. The molecule has 0 spiro atoms. The Morgan fingerprint density at radius 3 is 1.86 bits per heavy atom. The molecular weight excluding hydrogens is 630 g/mol. The fraction of sp³-hybridized carbons (Fsp3) is 0.405. The molecule has 2 heterocycles. The molecule has 0 bridgehead atoms. The minimum Gasteiger partial charge on any atom is -0.489 e. The molecule has 0 aliphatic carbocycles. The number of β-lactam (4-membered cyclic amide) rings is 1. The molecule has 2 aliphatic heterocycles. The molecule has 8 heteroatoms. The first kappa shape index (κ1) is 44.0. The van der Waals surface area contributed by atoms with Crippen LogP contribution in [0.3, 0.4) is 0 Å². The van der Waals surface area contributed by atoms with E-state index in [0.29, 0.717) is 25.9 Å². The second-order valence-electron chi connectivity index (χ2n) is 10.5. The van der Waals surface area contributed by atoms with E-state index in [1.54, 1.807) is 0 Å². The largest absolute Gasteiger partial charge is 0.489 e. The van der Waals surface area contributed by atoms with Crippen molar-refractivity contribution >= 4 is 11.6 Å². The lowest BCUT2D eigenvalue weighted by Crippen LogP contribution is -2.46. The first-order valence-electron chi connectivity index (χ1n) is 17.7. The van der Waals surface area contributed by atoms with Gasteiger partial charge in [0.1, 0.15) is 12.4 Å². The van der Waals surface area contributed by atoms with Crippen molar-refractivity contribution in [2.75, 3.05) is 25.7 Å². The zero-order valence-electron chi connectivity index (χ0n) is 31.1. The summed E-state index contributed by atoms with van der Waals surface area (Å²) in [5.41, 5.74) is 5.95. The first-order valence-corrected chi connectivity index (χ1v) is 17.7. The number of amides is 1. The Balaban J connectivity index is 0.00000115. The van der Waals surface area contributed by atoms with Crippen molar-refractivity contribution in [1.29, 1.82) is 0 Å². The average molecular weight is 690 g/mol. The smallest absolute Gasteiger partial charge is 0.230 e. The van der Waals surface area contributed by atoms with Crippen LogP contribution in [0.4, 0.5) is 5.69 Å². The van der Waals surface area contributed by atoms with Crippen LogP contribution in [0, 0.1) is 0 Å². The molecular formula is C42H59NO7. The predicted molar refractivity (Wildman–Crippen MR) is 204 cm³/mol. The summed E-state index contributed by atoms with van der Waals surface area (Å²) in [7, 11) is 2.00. The maximum atomic E-state index is 12.7. The molecule has 2 saturated heterocycles. The van der Waals surface area contributed by atoms with Crippen molar-refractivity contribution in [3.05, 3.63) is 120 Å². The van der Waals surface area contributed by atoms with Crippen molar-refractivity contribution in [2.24, 2.45) is 0 Å². The summed E-state index contributed by atoms with van der Waals surface area (Å²) in [6.45, 7) is 12.3. The molecule has 4 N–H and O–H groups in total. The molecule has 4 aromatic carbocycles. The van der Waals surface area contributed by atoms with E-state index >= 15 is 0 Å². The summed E-state index contributed by atoms with van der Waals surface area (Å²) in [5, 5.41) is 33.7. The Morgan fingerprint density at radius 2 is 1.30 bits per heavy atom. The number of carbonyl (C=O) groups is 1. The number of hydrogen-bond donors (Lipinski definition) is 4. The average Bonchev–Trinajstić information content (AvgIpc) is 3.20. The fourth-order valence-corrected chi connectivity index (χ4v) is 5.64. The van der Waals surface area contributed by atoms with Gasteiger partial charge in [-0.05, 0) is 40.5 Å². The van der Waals surface area contributed by atoms with Gasteiger partial charge in [0.15, 0.2) is 0 Å². The highest BCUT2D eigenvalue weighted by atomic mass is 16.5. The predicted octanol–water partition coefficient (Wildman–Crippen LogP) is 8.28. The van der Waals surface area contributed by atoms with Gasteiger partial charge in [0.2, 0.25) is 5.91 Å². The molecule has 6 rings (SSSR count). The van der Waals surface area contributed by atoms with Crippen molar-refractivity contribution in [1.82, 2.24) is 0 Å². The molecule has 4 atom stereocenters. The van der Waals surface area contributed by atoms with Gasteiger partial charge in [0.25, 0.3) is 0 Å². The van der Waals surface area contributed by atoms with E-state index in [4.69, 9.17) is 19.7 Å². The van der Waals surface area contributed by atoms with Gasteiger partial charge in [-0.3, -0.25) is 4.79 Å². The molecule has 0 unspecified atom stereocenters. The van der Waals surface area contributed by atoms with E-state index in [2.05, 4.69) is 18.2 Å².